The minimum absolute atomic E-state index is 0.103. The molecule has 1 saturated carbocycles. The second-order valence-corrected chi connectivity index (χ2v) is 9.91. The Hall–Kier alpha value is -2.93. The van der Waals surface area contributed by atoms with Crippen LogP contribution in [0.25, 0.3) is 16.2 Å². The standard InChI is InChI=1S/C18H18FN5O5S2/c1-10-20-16(30-21-10)23-15-8-13(4-5-14(15)22(11(2)25)17(23)27)31(28,29)24(12(3)26)18(9-19)6-7-18/h4-5,8H,6-7,9H2,1-3H3. The highest BCUT2D eigenvalue weighted by Gasteiger charge is 2.55. The first-order chi connectivity index (χ1) is 14.5. The molecule has 13 heteroatoms. The van der Waals surface area contributed by atoms with Crippen LogP contribution in [0, 0.1) is 6.92 Å². The molecule has 0 unspecified atom stereocenters. The Balaban J connectivity index is 1.99. The molecule has 0 bridgehead atoms. The predicted octanol–water partition coefficient (Wildman–Crippen LogP) is 1.65. The highest BCUT2D eigenvalue weighted by molar-refractivity contribution is 7.89. The molecule has 1 aromatic carbocycles. The number of sulfonamides is 1. The van der Waals surface area contributed by atoms with Crippen molar-refractivity contribution in [3.05, 3.63) is 34.5 Å². The molecule has 1 aliphatic rings. The number of rotatable bonds is 5. The first kappa shape index (κ1) is 21.3. The van der Waals surface area contributed by atoms with E-state index < -0.39 is 39.7 Å². The average molecular weight is 468 g/mol. The maximum atomic E-state index is 13.6. The summed E-state index contributed by atoms with van der Waals surface area (Å²) in [5, 5.41) is 0.160. The number of nitrogens with zero attached hydrogens (tertiary/aromatic N) is 5. The molecule has 164 valence electrons. The maximum absolute atomic E-state index is 13.6. The first-order valence-corrected chi connectivity index (χ1v) is 11.5. The van der Waals surface area contributed by atoms with Crippen molar-refractivity contribution >= 4 is 44.4 Å². The van der Waals surface area contributed by atoms with Crippen molar-refractivity contribution in [2.75, 3.05) is 6.67 Å². The van der Waals surface area contributed by atoms with E-state index in [1.807, 2.05) is 0 Å². The van der Waals surface area contributed by atoms with Crippen molar-refractivity contribution in [3.8, 4) is 5.13 Å². The van der Waals surface area contributed by atoms with Crippen LogP contribution in [-0.4, -0.2) is 55.2 Å². The Kier molecular flexibility index (Phi) is 4.85. The van der Waals surface area contributed by atoms with E-state index in [2.05, 4.69) is 9.36 Å². The van der Waals surface area contributed by atoms with Gasteiger partial charge in [-0.1, -0.05) is 0 Å². The van der Waals surface area contributed by atoms with Gasteiger partial charge in [-0.25, -0.2) is 36.0 Å². The Morgan fingerprint density at radius 1 is 1.26 bits per heavy atom. The molecule has 4 rings (SSSR count). The minimum atomic E-state index is -4.42. The summed E-state index contributed by atoms with van der Waals surface area (Å²) in [6.07, 6.45) is 0.472. The van der Waals surface area contributed by atoms with Crippen LogP contribution in [0.2, 0.25) is 0 Å². The van der Waals surface area contributed by atoms with Gasteiger partial charge >= 0.3 is 5.69 Å². The molecule has 0 aliphatic heterocycles. The summed E-state index contributed by atoms with van der Waals surface area (Å²) in [5.74, 6) is -0.959. The largest absolute Gasteiger partial charge is 0.342 e. The summed E-state index contributed by atoms with van der Waals surface area (Å²) in [7, 11) is -4.42. The van der Waals surface area contributed by atoms with E-state index in [9.17, 15) is 27.2 Å². The summed E-state index contributed by atoms with van der Waals surface area (Å²) in [4.78, 5) is 41.1. The molecule has 0 spiro atoms. The lowest BCUT2D eigenvalue weighted by atomic mass is 10.3. The Bertz CT molecular complexity index is 1400. The van der Waals surface area contributed by atoms with E-state index in [1.165, 1.54) is 25.1 Å². The zero-order valence-corrected chi connectivity index (χ0v) is 18.5. The number of benzene rings is 1. The topological polar surface area (TPSA) is 124 Å². The third-order valence-electron chi connectivity index (χ3n) is 5.17. The van der Waals surface area contributed by atoms with Crippen LogP contribution in [0.5, 0.6) is 0 Å². The van der Waals surface area contributed by atoms with Crippen LogP contribution in [-0.2, 0) is 14.8 Å². The van der Waals surface area contributed by atoms with Crippen LogP contribution in [0.15, 0.2) is 27.9 Å². The Labute approximate surface area is 180 Å². The molecule has 3 aromatic rings. The van der Waals surface area contributed by atoms with Gasteiger partial charge in [0.15, 0.2) is 0 Å². The van der Waals surface area contributed by atoms with Gasteiger partial charge < -0.3 is 0 Å². The highest BCUT2D eigenvalue weighted by atomic mass is 32.2. The molecule has 0 N–H and O–H groups in total. The number of amides is 1. The number of carbonyl (C=O) groups excluding carboxylic acids is 2. The van der Waals surface area contributed by atoms with E-state index in [4.69, 9.17) is 0 Å². The van der Waals surface area contributed by atoms with Crippen LogP contribution >= 0.6 is 11.5 Å². The van der Waals surface area contributed by atoms with E-state index >= 15 is 0 Å². The lowest BCUT2D eigenvalue weighted by molar-refractivity contribution is -0.126. The normalized spacial score (nSPS) is 15.2. The fraction of sp³-hybridized carbons (Fsp3) is 0.389. The summed E-state index contributed by atoms with van der Waals surface area (Å²) in [6.45, 7) is 2.92. The molecule has 10 nitrogen and oxygen atoms in total. The van der Waals surface area contributed by atoms with Crippen LogP contribution in [0.1, 0.15) is 37.3 Å². The molecule has 1 amide bonds. The van der Waals surface area contributed by atoms with Gasteiger partial charge in [0.2, 0.25) is 16.9 Å². The van der Waals surface area contributed by atoms with Crippen molar-refractivity contribution in [2.45, 2.75) is 44.0 Å². The van der Waals surface area contributed by atoms with E-state index in [-0.39, 0.29) is 33.9 Å². The number of alkyl halides is 1. The summed E-state index contributed by atoms with van der Waals surface area (Å²) < 4.78 is 46.8. The number of hydrogen-bond acceptors (Lipinski definition) is 8. The van der Waals surface area contributed by atoms with Crippen LogP contribution < -0.4 is 5.69 Å². The number of halogens is 1. The predicted molar refractivity (Wildman–Crippen MR) is 110 cm³/mol. The van der Waals surface area contributed by atoms with Crippen LogP contribution in [0.4, 0.5) is 4.39 Å². The quantitative estimate of drug-likeness (QED) is 0.559. The molecule has 0 atom stereocenters. The van der Waals surface area contributed by atoms with Gasteiger partial charge in [0.1, 0.15) is 12.5 Å². The molecular weight excluding hydrogens is 449 g/mol. The number of fused-ring (bicyclic) bond motifs is 1. The van der Waals surface area contributed by atoms with E-state index in [0.29, 0.717) is 10.1 Å². The summed E-state index contributed by atoms with van der Waals surface area (Å²) in [6, 6.07) is 3.69. The molecule has 2 heterocycles. The van der Waals surface area contributed by atoms with Gasteiger partial charge in [0.05, 0.1) is 21.5 Å². The second kappa shape index (κ2) is 7.05. The molecule has 1 fully saturated rings. The van der Waals surface area contributed by atoms with E-state index in [1.54, 1.807) is 6.92 Å². The average Bonchev–Trinajstić information content (AvgIpc) is 3.24. The molecule has 1 aliphatic carbocycles. The van der Waals surface area contributed by atoms with Crippen molar-refractivity contribution in [1.82, 2.24) is 22.8 Å². The van der Waals surface area contributed by atoms with Crippen molar-refractivity contribution in [3.63, 3.8) is 0 Å². The third kappa shape index (κ3) is 3.19. The van der Waals surface area contributed by atoms with Crippen LogP contribution in [0.3, 0.4) is 0 Å². The van der Waals surface area contributed by atoms with Gasteiger partial charge in [-0.05, 0) is 38.0 Å². The zero-order valence-electron chi connectivity index (χ0n) is 16.8. The van der Waals surface area contributed by atoms with Gasteiger partial charge in [-0.2, -0.15) is 4.37 Å². The maximum Gasteiger partial charge on any atom is 0.342 e. The van der Waals surface area contributed by atoms with Gasteiger partial charge in [0, 0.05) is 25.4 Å². The number of imidazole rings is 1. The molecule has 2 aromatic heterocycles. The third-order valence-corrected chi connectivity index (χ3v) is 7.93. The van der Waals surface area contributed by atoms with Crippen molar-refractivity contribution in [2.24, 2.45) is 0 Å². The lowest BCUT2D eigenvalue weighted by Gasteiger charge is -2.28. The molecular formula is C18H18FN5O5S2. The van der Waals surface area contributed by atoms with Gasteiger partial charge in [-0.15, -0.1) is 0 Å². The Morgan fingerprint density at radius 2 is 1.94 bits per heavy atom. The van der Waals surface area contributed by atoms with Crippen molar-refractivity contribution in [1.29, 1.82) is 0 Å². The second-order valence-electron chi connectivity index (χ2n) is 7.39. The lowest BCUT2D eigenvalue weighted by Crippen LogP contribution is -2.46. The smallest absolute Gasteiger partial charge is 0.274 e. The number of aromatic nitrogens is 4. The van der Waals surface area contributed by atoms with Gasteiger partial charge in [-0.3, -0.25) is 9.59 Å². The summed E-state index contributed by atoms with van der Waals surface area (Å²) in [5.41, 5.74) is -1.82. The highest BCUT2D eigenvalue weighted by Crippen LogP contribution is 2.45. The van der Waals surface area contributed by atoms with Gasteiger partial charge in [0.25, 0.3) is 10.0 Å². The van der Waals surface area contributed by atoms with E-state index in [0.717, 1.165) is 27.6 Å². The monoisotopic (exact) mass is 467 g/mol. The first-order valence-electron chi connectivity index (χ1n) is 9.24. The molecule has 31 heavy (non-hydrogen) atoms. The SMILES string of the molecule is CC(=O)N(C1(CF)CC1)S(=O)(=O)c1ccc2c(c1)n(-c1nc(C)ns1)c(=O)n2C(C)=O. The molecule has 0 radical (unpaired) electrons. The summed E-state index contributed by atoms with van der Waals surface area (Å²) >= 11 is 0.913. The minimum Gasteiger partial charge on any atom is -0.274 e. The fourth-order valence-corrected chi connectivity index (χ4v) is 6.08. The number of hydrogen-bond donors (Lipinski definition) is 0. The number of aryl methyl sites for hydroxylation is 1. The Morgan fingerprint density at radius 3 is 2.42 bits per heavy atom. The fourth-order valence-electron chi connectivity index (χ4n) is 3.60. The van der Waals surface area contributed by atoms with Crippen molar-refractivity contribution < 1.29 is 22.4 Å². The number of carbonyl (C=O) groups is 2. The molecule has 0 saturated heterocycles. The zero-order chi connectivity index (χ0) is 22.7.